The van der Waals surface area contributed by atoms with Gasteiger partial charge in [0.2, 0.25) is 0 Å². The average molecular weight is 419 g/mol. The molecule has 1 fully saturated rings. The van der Waals surface area contributed by atoms with Crippen LogP contribution in [0.5, 0.6) is 5.75 Å². The number of nitrogens with zero attached hydrogens (tertiary/aromatic N) is 2. The number of rotatable bonds is 3. The van der Waals surface area contributed by atoms with Crippen LogP contribution >= 0.6 is 0 Å². The maximum atomic E-state index is 13.4. The van der Waals surface area contributed by atoms with E-state index in [1.54, 1.807) is 0 Å². The number of benzene rings is 2. The second-order valence-electron chi connectivity index (χ2n) is 9.55. The van der Waals surface area contributed by atoms with E-state index in [2.05, 4.69) is 6.07 Å². The zero-order valence-corrected chi connectivity index (χ0v) is 18.4. The lowest BCUT2D eigenvalue weighted by molar-refractivity contribution is -0.132. The lowest BCUT2D eigenvalue weighted by atomic mass is 9.88. The number of para-hydroxylation sites is 1. The Morgan fingerprint density at radius 2 is 1.84 bits per heavy atom. The summed E-state index contributed by atoms with van der Waals surface area (Å²) in [6.07, 6.45) is 6.92. The van der Waals surface area contributed by atoms with E-state index >= 15 is 0 Å². The van der Waals surface area contributed by atoms with Crippen LogP contribution in [0.15, 0.2) is 42.5 Å². The van der Waals surface area contributed by atoms with Gasteiger partial charge in [-0.05, 0) is 68.9 Å². The van der Waals surface area contributed by atoms with Crippen LogP contribution in [-0.4, -0.2) is 30.5 Å². The summed E-state index contributed by atoms with van der Waals surface area (Å²) in [7, 11) is 0. The van der Waals surface area contributed by atoms with E-state index in [0.717, 1.165) is 30.6 Å². The fourth-order valence-corrected chi connectivity index (χ4v) is 5.21. The molecule has 5 heteroatoms. The van der Waals surface area contributed by atoms with Crippen LogP contribution in [0.3, 0.4) is 0 Å². The van der Waals surface area contributed by atoms with Crippen molar-refractivity contribution in [2.75, 3.05) is 22.9 Å². The molecule has 31 heavy (non-hydrogen) atoms. The highest BCUT2D eigenvalue weighted by Gasteiger charge is 2.42. The number of carbonyl (C=O) groups excluding carboxylic acids is 2. The molecule has 0 bridgehead atoms. The molecule has 3 aliphatic rings. The normalized spacial score (nSPS) is 20.3. The standard InChI is InChI=1S/C26H30N2O3/c1-26(2)25(30)28(17-18-8-4-3-5-9-18)22-16-20(12-13-23(22)31-26)24(29)27-15-14-19-10-6-7-11-21(19)27/h6-7,10-13,16,18H,3-5,8-9,14-15,17H2,1-2H3. The molecule has 2 aromatic carbocycles. The Balaban J connectivity index is 1.48. The molecule has 0 unspecified atom stereocenters. The van der Waals surface area contributed by atoms with Gasteiger partial charge in [0.15, 0.2) is 5.60 Å². The number of hydrogen-bond donors (Lipinski definition) is 0. The highest BCUT2D eigenvalue weighted by atomic mass is 16.5. The van der Waals surface area contributed by atoms with E-state index in [-0.39, 0.29) is 11.8 Å². The summed E-state index contributed by atoms with van der Waals surface area (Å²) < 4.78 is 6.05. The summed E-state index contributed by atoms with van der Waals surface area (Å²) >= 11 is 0. The second kappa shape index (κ2) is 7.70. The number of anilines is 2. The molecule has 2 aliphatic heterocycles. The van der Waals surface area contributed by atoms with E-state index < -0.39 is 5.60 Å². The van der Waals surface area contributed by atoms with Gasteiger partial charge in [-0.3, -0.25) is 9.59 Å². The minimum absolute atomic E-state index is 0.0253. The van der Waals surface area contributed by atoms with Crippen LogP contribution in [0.1, 0.15) is 61.9 Å². The third-order valence-electron chi connectivity index (χ3n) is 6.92. The van der Waals surface area contributed by atoms with E-state index in [0.29, 0.717) is 30.3 Å². The van der Waals surface area contributed by atoms with Gasteiger partial charge in [-0.15, -0.1) is 0 Å². The Morgan fingerprint density at radius 1 is 1.06 bits per heavy atom. The fourth-order valence-electron chi connectivity index (χ4n) is 5.21. The second-order valence-corrected chi connectivity index (χ2v) is 9.55. The van der Waals surface area contributed by atoms with E-state index in [4.69, 9.17) is 4.74 Å². The van der Waals surface area contributed by atoms with Crippen LogP contribution in [-0.2, 0) is 11.2 Å². The average Bonchev–Trinajstić information content (AvgIpc) is 3.21. The minimum atomic E-state index is -0.902. The van der Waals surface area contributed by atoms with Gasteiger partial charge >= 0.3 is 0 Å². The van der Waals surface area contributed by atoms with Gasteiger partial charge < -0.3 is 14.5 Å². The highest BCUT2D eigenvalue weighted by molar-refractivity contribution is 6.09. The van der Waals surface area contributed by atoms with E-state index in [1.165, 1.54) is 24.8 Å². The summed E-state index contributed by atoms with van der Waals surface area (Å²) in [4.78, 5) is 30.4. The molecular formula is C26H30N2O3. The molecular weight excluding hydrogens is 388 g/mol. The Kier molecular flexibility index (Phi) is 4.99. The maximum absolute atomic E-state index is 13.4. The molecule has 0 N–H and O–H groups in total. The summed E-state index contributed by atoms with van der Waals surface area (Å²) in [6, 6.07) is 13.6. The number of amides is 2. The molecule has 2 aromatic rings. The van der Waals surface area contributed by atoms with Crippen molar-refractivity contribution < 1.29 is 14.3 Å². The first-order chi connectivity index (χ1) is 14.9. The first-order valence-corrected chi connectivity index (χ1v) is 11.5. The summed E-state index contributed by atoms with van der Waals surface area (Å²) in [5.74, 6) is 1.13. The van der Waals surface area contributed by atoms with E-state index in [9.17, 15) is 9.59 Å². The van der Waals surface area contributed by atoms with Gasteiger partial charge in [-0.1, -0.05) is 37.5 Å². The number of carbonyl (C=O) groups is 2. The van der Waals surface area contributed by atoms with Crippen molar-refractivity contribution in [1.82, 2.24) is 0 Å². The third-order valence-corrected chi connectivity index (χ3v) is 6.92. The summed E-state index contributed by atoms with van der Waals surface area (Å²) in [6.45, 7) is 5.03. The number of ether oxygens (including phenoxy) is 1. The quantitative estimate of drug-likeness (QED) is 0.707. The van der Waals surface area contributed by atoms with Gasteiger partial charge in [0.05, 0.1) is 5.69 Å². The van der Waals surface area contributed by atoms with Crippen LogP contribution in [0.4, 0.5) is 11.4 Å². The molecule has 2 heterocycles. The van der Waals surface area contributed by atoms with E-state index in [1.807, 2.05) is 60.0 Å². The largest absolute Gasteiger partial charge is 0.476 e. The summed E-state index contributed by atoms with van der Waals surface area (Å²) in [5.41, 5.74) is 2.61. The molecule has 0 saturated heterocycles. The van der Waals surface area contributed by atoms with Gasteiger partial charge in [0.25, 0.3) is 11.8 Å². The fraction of sp³-hybridized carbons (Fsp3) is 0.462. The van der Waals surface area contributed by atoms with Crippen LogP contribution < -0.4 is 14.5 Å². The molecule has 1 saturated carbocycles. The number of hydrogen-bond acceptors (Lipinski definition) is 3. The van der Waals surface area contributed by atoms with Crippen LogP contribution in [0, 0.1) is 5.92 Å². The topological polar surface area (TPSA) is 49.9 Å². The lowest BCUT2D eigenvalue weighted by Crippen LogP contribution is -2.53. The summed E-state index contributed by atoms with van der Waals surface area (Å²) in [5, 5.41) is 0. The van der Waals surface area contributed by atoms with Gasteiger partial charge in [-0.25, -0.2) is 0 Å². The Labute approximate surface area is 184 Å². The van der Waals surface area contributed by atoms with Crippen molar-refractivity contribution in [3.63, 3.8) is 0 Å². The monoisotopic (exact) mass is 418 g/mol. The molecule has 1 aliphatic carbocycles. The van der Waals surface area contributed by atoms with Crippen molar-refractivity contribution in [2.45, 2.75) is 58.0 Å². The van der Waals surface area contributed by atoms with Crippen molar-refractivity contribution in [3.8, 4) is 5.75 Å². The van der Waals surface area contributed by atoms with Gasteiger partial charge in [-0.2, -0.15) is 0 Å². The minimum Gasteiger partial charge on any atom is -0.476 e. The zero-order valence-electron chi connectivity index (χ0n) is 18.4. The Bertz CT molecular complexity index is 1020. The molecule has 5 rings (SSSR count). The highest BCUT2D eigenvalue weighted by Crippen LogP contribution is 2.40. The molecule has 5 nitrogen and oxygen atoms in total. The molecule has 0 aromatic heterocycles. The lowest BCUT2D eigenvalue weighted by Gasteiger charge is -2.41. The predicted octanol–water partition coefficient (Wildman–Crippen LogP) is 4.97. The number of fused-ring (bicyclic) bond motifs is 2. The molecule has 162 valence electrons. The van der Waals surface area contributed by atoms with Crippen molar-refractivity contribution in [2.24, 2.45) is 5.92 Å². The smallest absolute Gasteiger partial charge is 0.270 e. The van der Waals surface area contributed by atoms with Crippen molar-refractivity contribution in [1.29, 1.82) is 0 Å². The third kappa shape index (κ3) is 3.60. The van der Waals surface area contributed by atoms with Crippen molar-refractivity contribution in [3.05, 3.63) is 53.6 Å². The first-order valence-electron chi connectivity index (χ1n) is 11.5. The molecule has 0 atom stereocenters. The van der Waals surface area contributed by atoms with Gasteiger partial charge in [0, 0.05) is 24.3 Å². The Hall–Kier alpha value is -2.82. The predicted molar refractivity (Wildman–Crippen MR) is 122 cm³/mol. The van der Waals surface area contributed by atoms with Crippen molar-refractivity contribution >= 4 is 23.2 Å². The first kappa shape index (κ1) is 20.1. The zero-order chi connectivity index (χ0) is 21.6. The van der Waals surface area contributed by atoms with Crippen LogP contribution in [0.2, 0.25) is 0 Å². The molecule has 2 amide bonds. The Morgan fingerprint density at radius 3 is 2.65 bits per heavy atom. The van der Waals surface area contributed by atoms with Crippen LogP contribution in [0.25, 0.3) is 0 Å². The SMILES string of the molecule is CC1(C)Oc2ccc(C(=O)N3CCc4ccccc43)cc2N(CC2CCCCC2)C1=O. The van der Waals surface area contributed by atoms with Gasteiger partial charge in [0.1, 0.15) is 5.75 Å². The maximum Gasteiger partial charge on any atom is 0.270 e. The molecule has 0 spiro atoms. The molecule has 0 radical (unpaired) electrons.